The zero-order valence-corrected chi connectivity index (χ0v) is 16.3. The summed E-state index contributed by atoms with van der Waals surface area (Å²) in [7, 11) is 1.58. The van der Waals surface area contributed by atoms with Crippen molar-refractivity contribution in [2.45, 2.75) is 6.42 Å². The van der Waals surface area contributed by atoms with Gasteiger partial charge in [-0.25, -0.2) is 0 Å². The molecule has 0 bridgehead atoms. The van der Waals surface area contributed by atoms with Crippen LogP contribution in [0.2, 0.25) is 0 Å². The Morgan fingerprint density at radius 1 is 1.00 bits per heavy atom. The van der Waals surface area contributed by atoms with Crippen LogP contribution in [0.1, 0.15) is 16.8 Å². The van der Waals surface area contributed by atoms with Crippen molar-refractivity contribution < 1.29 is 34.1 Å². The van der Waals surface area contributed by atoms with Gasteiger partial charge in [0.2, 0.25) is 5.91 Å². The second-order valence-corrected chi connectivity index (χ2v) is 7.12. The second kappa shape index (κ2) is 8.81. The monoisotopic (exact) mass is 414 g/mol. The molecule has 0 spiro atoms. The molecule has 2 aromatic carbocycles. The maximum atomic E-state index is 12.4. The normalized spacial score (nSPS) is 18.2. The molecule has 1 aliphatic rings. The molecule has 1 heterocycles. The second-order valence-electron chi connectivity index (χ2n) is 7.12. The number of hydrogen-bond donors (Lipinski definition) is 3. The van der Waals surface area contributed by atoms with Gasteiger partial charge in [0.1, 0.15) is 5.75 Å². The van der Waals surface area contributed by atoms with Crippen LogP contribution in [0.4, 0.5) is 0 Å². The van der Waals surface area contributed by atoms with Crippen LogP contribution in [0.15, 0.2) is 36.4 Å². The van der Waals surface area contributed by atoms with Crippen LogP contribution in [0.5, 0.6) is 5.75 Å². The van der Waals surface area contributed by atoms with Crippen LogP contribution >= 0.6 is 0 Å². The van der Waals surface area contributed by atoms with E-state index in [1.165, 1.54) is 4.90 Å². The summed E-state index contributed by atoms with van der Waals surface area (Å²) in [5.74, 6) is -4.74. The maximum Gasteiger partial charge on any atom is 0.309 e. The number of nitrogens with one attached hydrogen (secondary N) is 1. The van der Waals surface area contributed by atoms with E-state index in [1.807, 2.05) is 12.1 Å². The van der Waals surface area contributed by atoms with Gasteiger partial charge in [0.25, 0.3) is 5.91 Å². The number of carbonyl (C=O) groups is 4. The summed E-state index contributed by atoms with van der Waals surface area (Å²) in [6, 6.07) is 10.7. The zero-order valence-electron chi connectivity index (χ0n) is 16.3. The third-order valence-corrected chi connectivity index (χ3v) is 5.24. The van der Waals surface area contributed by atoms with Crippen molar-refractivity contribution in [3.05, 3.63) is 42.0 Å². The van der Waals surface area contributed by atoms with Crippen molar-refractivity contribution in [3.63, 3.8) is 0 Å². The molecule has 0 saturated carbocycles. The third-order valence-electron chi connectivity index (χ3n) is 5.24. The minimum absolute atomic E-state index is 0.0464. The number of fused-ring (bicyclic) bond motifs is 1. The van der Waals surface area contributed by atoms with E-state index in [1.54, 1.807) is 31.4 Å². The van der Waals surface area contributed by atoms with Crippen molar-refractivity contribution >= 4 is 34.5 Å². The van der Waals surface area contributed by atoms with E-state index < -0.39 is 29.7 Å². The first kappa shape index (κ1) is 21.1. The van der Waals surface area contributed by atoms with Gasteiger partial charge in [0.15, 0.2) is 0 Å². The van der Waals surface area contributed by atoms with Gasteiger partial charge >= 0.3 is 11.9 Å². The quantitative estimate of drug-likeness (QED) is 0.620. The molecular weight excluding hydrogens is 392 g/mol. The highest BCUT2D eigenvalue weighted by molar-refractivity contribution is 5.99. The standard InChI is InChI=1S/C21H22N2O7/c1-30-15-5-4-12-8-14(3-2-13(12)9-15)19(25)22-7-6-18(24)23-10-16(20(26)27)17(11-23)21(28)29/h2-5,8-9,16-17H,6-7,10-11H2,1H3,(H,22,25)(H,26,27)(H,28,29)/t16-,17+. The highest BCUT2D eigenvalue weighted by Gasteiger charge is 2.43. The average Bonchev–Trinajstić information content (AvgIpc) is 3.19. The van der Waals surface area contributed by atoms with Crippen molar-refractivity contribution in [3.8, 4) is 5.75 Å². The lowest BCUT2D eigenvalue weighted by atomic mass is 9.97. The summed E-state index contributed by atoms with van der Waals surface area (Å²) < 4.78 is 5.18. The molecule has 0 aliphatic carbocycles. The fraction of sp³-hybridized carbons (Fsp3) is 0.333. The largest absolute Gasteiger partial charge is 0.497 e. The first-order valence-electron chi connectivity index (χ1n) is 9.39. The highest BCUT2D eigenvalue weighted by atomic mass is 16.5. The van der Waals surface area contributed by atoms with E-state index in [9.17, 15) is 19.2 Å². The molecule has 0 unspecified atom stereocenters. The highest BCUT2D eigenvalue weighted by Crippen LogP contribution is 2.25. The maximum absolute atomic E-state index is 12.4. The van der Waals surface area contributed by atoms with E-state index in [0.717, 1.165) is 16.5 Å². The van der Waals surface area contributed by atoms with Gasteiger partial charge in [0, 0.05) is 31.6 Å². The topological polar surface area (TPSA) is 133 Å². The van der Waals surface area contributed by atoms with Gasteiger partial charge < -0.3 is 25.2 Å². The van der Waals surface area contributed by atoms with Gasteiger partial charge in [0.05, 0.1) is 18.9 Å². The molecule has 3 N–H and O–H groups in total. The molecule has 0 aromatic heterocycles. The summed E-state index contributed by atoms with van der Waals surface area (Å²) in [6.07, 6.45) is -0.0464. The van der Waals surface area contributed by atoms with Crippen LogP contribution in [-0.4, -0.2) is 65.6 Å². The summed E-state index contributed by atoms with van der Waals surface area (Å²) in [4.78, 5) is 48.3. The number of carbonyl (C=O) groups excluding carboxylic acids is 2. The predicted molar refractivity (Wildman–Crippen MR) is 106 cm³/mol. The molecule has 1 aliphatic heterocycles. The van der Waals surface area contributed by atoms with E-state index in [-0.39, 0.29) is 32.0 Å². The third kappa shape index (κ3) is 4.51. The van der Waals surface area contributed by atoms with Gasteiger partial charge in [-0.2, -0.15) is 0 Å². The van der Waals surface area contributed by atoms with Crippen LogP contribution in [0.25, 0.3) is 10.8 Å². The van der Waals surface area contributed by atoms with E-state index in [0.29, 0.717) is 5.56 Å². The number of ether oxygens (including phenoxy) is 1. The van der Waals surface area contributed by atoms with Crippen LogP contribution in [-0.2, 0) is 14.4 Å². The van der Waals surface area contributed by atoms with Crippen molar-refractivity contribution in [1.82, 2.24) is 10.2 Å². The van der Waals surface area contributed by atoms with Gasteiger partial charge in [-0.05, 0) is 35.0 Å². The Hall–Kier alpha value is -3.62. The first-order chi connectivity index (χ1) is 14.3. The van der Waals surface area contributed by atoms with Crippen LogP contribution in [0.3, 0.4) is 0 Å². The van der Waals surface area contributed by atoms with E-state index in [4.69, 9.17) is 14.9 Å². The Morgan fingerprint density at radius 3 is 2.20 bits per heavy atom. The molecule has 158 valence electrons. The molecule has 2 amide bonds. The Balaban J connectivity index is 1.55. The molecule has 2 atom stereocenters. The lowest BCUT2D eigenvalue weighted by Crippen LogP contribution is -2.34. The first-order valence-corrected chi connectivity index (χ1v) is 9.39. The minimum atomic E-state index is -1.24. The number of carboxylic acid groups (broad SMARTS) is 2. The van der Waals surface area contributed by atoms with Crippen LogP contribution < -0.4 is 10.1 Å². The number of nitrogens with zero attached hydrogens (tertiary/aromatic N) is 1. The Kier molecular flexibility index (Phi) is 6.20. The van der Waals surface area contributed by atoms with Gasteiger partial charge in [-0.1, -0.05) is 12.1 Å². The molecular formula is C21H22N2O7. The Labute approximate surface area is 172 Å². The van der Waals surface area contributed by atoms with Crippen molar-refractivity contribution in [2.75, 3.05) is 26.7 Å². The number of benzene rings is 2. The molecule has 1 saturated heterocycles. The van der Waals surface area contributed by atoms with Crippen LogP contribution in [0, 0.1) is 11.8 Å². The zero-order chi connectivity index (χ0) is 21.8. The fourth-order valence-electron chi connectivity index (χ4n) is 3.54. The predicted octanol–water partition coefficient (Wildman–Crippen LogP) is 1.21. The molecule has 1 fully saturated rings. The number of aliphatic carboxylic acids is 2. The molecule has 9 nitrogen and oxygen atoms in total. The lowest BCUT2D eigenvalue weighted by molar-refractivity contribution is -0.151. The molecule has 2 aromatic rings. The van der Waals surface area contributed by atoms with Gasteiger partial charge in [-0.3, -0.25) is 19.2 Å². The summed E-state index contributed by atoms with van der Waals surface area (Å²) in [5, 5.41) is 22.8. The molecule has 3 rings (SSSR count). The number of rotatable bonds is 7. The lowest BCUT2D eigenvalue weighted by Gasteiger charge is -2.16. The Morgan fingerprint density at radius 2 is 1.60 bits per heavy atom. The smallest absolute Gasteiger partial charge is 0.309 e. The van der Waals surface area contributed by atoms with E-state index in [2.05, 4.69) is 5.32 Å². The van der Waals surface area contributed by atoms with Gasteiger partial charge in [-0.15, -0.1) is 0 Å². The number of amides is 2. The SMILES string of the molecule is COc1ccc2cc(C(=O)NCCC(=O)N3C[C@H](C(=O)O)[C@H](C(=O)O)C3)ccc2c1. The minimum Gasteiger partial charge on any atom is -0.497 e. The summed E-state index contributed by atoms with van der Waals surface area (Å²) in [5.41, 5.74) is 0.443. The number of likely N-dealkylation sites (tertiary alicyclic amines) is 1. The molecule has 30 heavy (non-hydrogen) atoms. The number of methoxy groups -OCH3 is 1. The molecule has 0 radical (unpaired) electrons. The molecule has 9 heteroatoms. The number of hydrogen-bond acceptors (Lipinski definition) is 5. The fourth-order valence-corrected chi connectivity index (χ4v) is 3.54. The average molecular weight is 414 g/mol. The Bertz CT molecular complexity index is 982. The summed E-state index contributed by atoms with van der Waals surface area (Å²) in [6.45, 7) is -0.231. The van der Waals surface area contributed by atoms with Crippen molar-refractivity contribution in [1.29, 1.82) is 0 Å². The summed E-state index contributed by atoms with van der Waals surface area (Å²) >= 11 is 0. The van der Waals surface area contributed by atoms with E-state index >= 15 is 0 Å². The number of carboxylic acids is 2. The van der Waals surface area contributed by atoms with Crippen molar-refractivity contribution in [2.24, 2.45) is 11.8 Å².